The molecule has 1 aliphatic rings. The van der Waals surface area contributed by atoms with E-state index in [0.29, 0.717) is 24.6 Å². The quantitative estimate of drug-likeness (QED) is 0.463. The SMILES string of the molecule is O=C(c1ccc([N+](=O)[O-])cc1Cl)N1CCC(c2nc3ccccc3s2)CC1. The van der Waals surface area contributed by atoms with Crippen LogP contribution in [0.25, 0.3) is 10.2 Å². The molecular weight excluding hydrogens is 386 g/mol. The van der Waals surface area contributed by atoms with Crippen LogP contribution in [0.5, 0.6) is 0 Å². The van der Waals surface area contributed by atoms with Crippen molar-refractivity contribution in [2.75, 3.05) is 13.1 Å². The van der Waals surface area contributed by atoms with Crippen molar-refractivity contribution in [3.05, 3.63) is 68.2 Å². The Kier molecular flexibility index (Phi) is 4.80. The summed E-state index contributed by atoms with van der Waals surface area (Å²) in [6, 6.07) is 12.1. The summed E-state index contributed by atoms with van der Waals surface area (Å²) in [4.78, 5) is 29.5. The molecule has 0 atom stereocenters. The largest absolute Gasteiger partial charge is 0.339 e. The molecule has 1 aromatic heterocycles. The lowest BCUT2D eigenvalue weighted by atomic mass is 9.97. The number of rotatable bonds is 3. The maximum absolute atomic E-state index is 12.7. The van der Waals surface area contributed by atoms with Gasteiger partial charge in [0.15, 0.2) is 0 Å². The van der Waals surface area contributed by atoms with Gasteiger partial charge in [0.05, 0.1) is 30.7 Å². The number of carbonyl (C=O) groups is 1. The van der Waals surface area contributed by atoms with Gasteiger partial charge >= 0.3 is 0 Å². The summed E-state index contributed by atoms with van der Waals surface area (Å²) < 4.78 is 1.18. The van der Waals surface area contributed by atoms with E-state index in [4.69, 9.17) is 16.6 Å². The number of benzene rings is 2. The van der Waals surface area contributed by atoms with Crippen molar-refractivity contribution in [2.24, 2.45) is 0 Å². The molecule has 1 fully saturated rings. The monoisotopic (exact) mass is 401 g/mol. The number of nitro benzene ring substituents is 1. The number of fused-ring (bicyclic) bond motifs is 1. The number of piperidine rings is 1. The average Bonchev–Trinajstić information content (AvgIpc) is 3.11. The van der Waals surface area contributed by atoms with Crippen molar-refractivity contribution in [2.45, 2.75) is 18.8 Å². The lowest BCUT2D eigenvalue weighted by Gasteiger charge is -2.31. The number of likely N-dealkylation sites (tertiary alicyclic amines) is 1. The molecule has 1 aliphatic heterocycles. The van der Waals surface area contributed by atoms with E-state index < -0.39 is 4.92 Å². The first-order valence-electron chi connectivity index (χ1n) is 8.61. The fourth-order valence-corrected chi connectivity index (χ4v) is 4.75. The third kappa shape index (κ3) is 3.52. The Hall–Kier alpha value is -2.51. The lowest BCUT2D eigenvalue weighted by molar-refractivity contribution is -0.384. The standard InChI is InChI=1S/C19H16ClN3O3S/c20-15-11-13(23(25)26)5-6-14(15)19(24)22-9-7-12(8-10-22)18-21-16-3-1-2-4-17(16)27-18/h1-6,11-12H,7-10H2. The maximum atomic E-state index is 12.7. The van der Waals surface area contributed by atoms with Gasteiger partial charge in [-0.3, -0.25) is 14.9 Å². The Labute approximate surface area is 164 Å². The van der Waals surface area contributed by atoms with Crippen molar-refractivity contribution >= 4 is 44.7 Å². The third-order valence-electron chi connectivity index (χ3n) is 4.84. The van der Waals surface area contributed by atoms with Crippen LogP contribution in [0, 0.1) is 10.1 Å². The molecule has 3 aromatic rings. The lowest BCUT2D eigenvalue weighted by Crippen LogP contribution is -2.38. The number of amides is 1. The molecule has 0 spiro atoms. The van der Waals surface area contributed by atoms with E-state index in [2.05, 4.69) is 6.07 Å². The number of carbonyl (C=O) groups excluding carboxylic acids is 1. The van der Waals surface area contributed by atoms with Crippen LogP contribution in [0.1, 0.15) is 34.1 Å². The van der Waals surface area contributed by atoms with Gasteiger partial charge in [-0.05, 0) is 31.0 Å². The molecule has 2 aromatic carbocycles. The van der Waals surface area contributed by atoms with Crippen LogP contribution in [0.15, 0.2) is 42.5 Å². The van der Waals surface area contributed by atoms with Gasteiger partial charge in [-0.25, -0.2) is 4.98 Å². The summed E-state index contributed by atoms with van der Waals surface area (Å²) in [7, 11) is 0. The minimum absolute atomic E-state index is 0.113. The Morgan fingerprint density at radius 2 is 1.96 bits per heavy atom. The summed E-state index contributed by atoms with van der Waals surface area (Å²) >= 11 is 7.81. The number of para-hydroxylation sites is 1. The van der Waals surface area contributed by atoms with Gasteiger partial charge in [-0.1, -0.05) is 23.7 Å². The number of hydrogen-bond acceptors (Lipinski definition) is 5. The van der Waals surface area contributed by atoms with Crippen LogP contribution in [0.4, 0.5) is 5.69 Å². The van der Waals surface area contributed by atoms with Gasteiger partial charge in [-0.15, -0.1) is 11.3 Å². The average molecular weight is 402 g/mol. The number of nitrogens with zero attached hydrogens (tertiary/aromatic N) is 3. The molecule has 8 heteroatoms. The van der Waals surface area contributed by atoms with Crippen LogP contribution in [-0.2, 0) is 0 Å². The van der Waals surface area contributed by atoms with Crippen molar-refractivity contribution in [1.29, 1.82) is 0 Å². The van der Waals surface area contributed by atoms with E-state index in [1.165, 1.54) is 22.9 Å². The number of hydrogen-bond donors (Lipinski definition) is 0. The number of non-ortho nitro benzene ring substituents is 1. The molecule has 1 amide bonds. The molecule has 0 unspecified atom stereocenters. The van der Waals surface area contributed by atoms with Gasteiger partial charge in [-0.2, -0.15) is 0 Å². The van der Waals surface area contributed by atoms with Crippen molar-refractivity contribution in [3.63, 3.8) is 0 Å². The molecule has 138 valence electrons. The number of halogens is 1. The van der Waals surface area contributed by atoms with E-state index in [1.807, 2.05) is 18.2 Å². The second-order valence-corrected chi connectivity index (χ2v) is 7.98. The van der Waals surface area contributed by atoms with E-state index in [-0.39, 0.29) is 16.6 Å². The molecular formula is C19H16ClN3O3S. The zero-order valence-corrected chi connectivity index (χ0v) is 15.9. The van der Waals surface area contributed by atoms with E-state index in [1.54, 1.807) is 16.2 Å². The Morgan fingerprint density at radius 3 is 2.63 bits per heavy atom. The van der Waals surface area contributed by atoms with Crippen LogP contribution in [0.3, 0.4) is 0 Å². The molecule has 1 saturated heterocycles. The van der Waals surface area contributed by atoms with Gasteiger partial charge in [0.25, 0.3) is 11.6 Å². The summed E-state index contributed by atoms with van der Waals surface area (Å²) in [5.41, 5.74) is 1.21. The molecule has 0 N–H and O–H groups in total. The summed E-state index contributed by atoms with van der Waals surface area (Å²) in [6.07, 6.45) is 1.69. The molecule has 0 saturated carbocycles. The summed E-state index contributed by atoms with van der Waals surface area (Å²) in [6.45, 7) is 1.24. The number of nitro groups is 1. The molecule has 0 aliphatic carbocycles. The second-order valence-electron chi connectivity index (χ2n) is 6.51. The molecule has 0 radical (unpaired) electrons. The maximum Gasteiger partial charge on any atom is 0.270 e. The van der Waals surface area contributed by atoms with E-state index >= 15 is 0 Å². The summed E-state index contributed by atoms with van der Waals surface area (Å²) in [5, 5.41) is 12.1. The normalized spacial score (nSPS) is 15.2. The van der Waals surface area contributed by atoms with Crippen molar-refractivity contribution in [1.82, 2.24) is 9.88 Å². The Bertz CT molecular complexity index is 995. The van der Waals surface area contributed by atoms with E-state index in [9.17, 15) is 14.9 Å². The highest BCUT2D eigenvalue weighted by atomic mass is 35.5. The topological polar surface area (TPSA) is 76.3 Å². The molecule has 6 nitrogen and oxygen atoms in total. The molecule has 0 bridgehead atoms. The molecule has 2 heterocycles. The van der Waals surface area contributed by atoms with Gasteiger partial charge < -0.3 is 4.90 Å². The predicted octanol–water partition coefficient (Wildman–Crippen LogP) is 4.88. The third-order valence-corrected chi connectivity index (χ3v) is 6.35. The fourth-order valence-electron chi connectivity index (χ4n) is 3.36. The van der Waals surface area contributed by atoms with Gasteiger partial charge in [0.1, 0.15) is 0 Å². The zero-order valence-electron chi connectivity index (χ0n) is 14.3. The predicted molar refractivity (Wildman–Crippen MR) is 106 cm³/mol. The fraction of sp³-hybridized carbons (Fsp3) is 0.263. The van der Waals surface area contributed by atoms with Crippen LogP contribution < -0.4 is 0 Å². The van der Waals surface area contributed by atoms with Crippen LogP contribution in [-0.4, -0.2) is 33.8 Å². The van der Waals surface area contributed by atoms with Gasteiger partial charge in [0.2, 0.25) is 0 Å². The first-order valence-corrected chi connectivity index (χ1v) is 9.81. The number of aromatic nitrogens is 1. The molecule has 27 heavy (non-hydrogen) atoms. The van der Waals surface area contributed by atoms with Crippen molar-refractivity contribution < 1.29 is 9.72 Å². The first kappa shape index (κ1) is 17.9. The smallest absolute Gasteiger partial charge is 0.270 e. The van der Waals surface area contributed by atoms with Crippen LogP contribution >= 0.6 is 22.9 Å². The molecule has 4 rings (SSSR count). The van der Waals surface area contributed by atoms with Crippen LogP contribution in [0.2, 0.25) is 5.02 Å². The zero-order chi connectivity index (χ0) is 19.0. The second kappa shape index (κ2) is 7.25. The minimum atomic E-state index is -0.524. The highest BCUT2D eigenvalue weighted by molar-refractivity contribution is 7.18. The Morgan fingerprint density at radius 1 is 1.22 bits per heavy atom. The van der Waals surface area contributed by atoms with Crippen molar-refractivity contribution in [3.8, 4) is 0 Å². The Balaban J connectivity index is 1.45. The minimum Gasteiger partial charge on any atom is -0.339 e. The van der Waals surface area contributed by atoms with E-state index in [0.717, 1.165) is 23.4 Å². The first-order chi connectivity index (χ1) is 13.0. The highest BCUT2D eigenvalue weighted by Crippen LogP contribution is 2.34. The highest BCUT2D eigenvalue weighted by Gasteiger charge is 2.27. The number of thiazole rings is 1. The summed E-state index contributed by atoms with van der Waals surface area (Å²) in [5.74, 6) is 0.163. The van der Waals surface area contributed by atoms with Gasteiger partial charge in [0, 0.05) is 31.1 Å².